The monoisotopic (exact) mass is 522 g/mol. The van der Waals surface area contributed by atoms with Gasteiger partial charge in [0.2, 0.25) is 5.91 Å². The van der Waals surface area contributed by atoms with Crippen LogP contribution in [0, 0.1) is 0 Å². The predicted molar refractivity (Wildman–Crippen MR) is 123 cm³/mol. The second-order valence-electron chi connectivity index (χ2n) is 6.69. The summed E-state index contributed by atoms with van der Waals surface area (Å²) in [5.74, 6) is 0.873. The Morgan fingerprint density at radius 2 is 1.79 bits per heavy atom. The van der Waals surface area contributed by atoms with Gasteiger partial charge in [-0.15, -0.1) is 24.0 Å². The zero-order valence-electron chi connectivity index (χ0n) is 16.6. The van der Waals surface area contributed by atoms with Crippen LogP contribution in [0.25, 0.3) is 0 Å². The van der Waals surface area contributed by atoms with E-state index in [1.165, 1.54) is 6.26 Å². The van der Waals surface area contributed by atoms with Crippen molar-refractivity contribution < 1.29 is 13.2 Å². The van der Waals surface area contributed by atoms with E-state index in [-0.39, 0.29) is 29.9 Å². The summed E-state index contributed by atoms with van der Waals surface area (Å²) in [6, 6.07) is 6.93. The van der Waals surface area contributed by atoms with Crippen LogP contribution in [0.2, 0.25) is 0 Å². The summed E-state index contributed by atoms with van der Waals surface area (Å²) in [6.45, 7) is 5.63. The summed E-state index contributed by atoms with van der Waals surface area (Å²) in [5, 5.41) is 6.43. The van der Waals surface area contributed by atoms with Crippen LogP contribution in [0.4, 0.5) is 0 Å². The third kappa shape index (κ3) is 8.34. The van der Waals surface area contributed by atoms with Crippen molar-refractivity contribution in [3.05, 3.63) is 29.8 Å². The van der Waals surface area contributed by atoms with Gasteiger partial charge >= 0.3 is 0 Å². The Kier molecular flexibility index (Phi) is 10.8. The average molecular weight is 522 g/mol. The van der Waals surface area contributed by atoms with E-state index >= 15 is 0 Å². The molecule has 1 amide bonds. The molecule has 1 aromatic rings. The van der Waals surface area contributed by atoms with Crippen LogP contribution in [-0.4, -0.2) is 64.2 Å². The van der Waals surface area contributed by atoms with Gasteiger partial charge in [0.15, 0.2) is 15.8 Å². The number of hydrogen-bond donors (Lipinski definition) is 2. The van der Waals surface area contributed by atoms with Gasteiger partial charge in [-0.1, -0.05) is 12.1 Å². The van der Waals surface area contributed by atoms with Gasteiger partial charge in [-0.3, -0.25) is 9.79 Å². The van der Waals surface area contributed by atoms with Crippen molar-refractivity contribution in [3.63, 3.8) is 0 Å². The first-order valence-electron chi connectivity index (χ1n) is 9.49. The first-order chi connectivity index (χ1) is 12.9. The topological polar surface area (TPSA) is 90.9 Å². The lowest BCUT2D eigenvalue weighted by Gasteiger charge is -2.15. The summed E-state index contributed by atoms with van der Waals surface area (Å²) in [7, 11) is -3.16. The molecule has 2 N–H and O–H groups in total. The van der Waals surface area contributed by atoms with Crippen molar-refractivity contribution in [1.29, 1.82) is 0 Å². The zero-order valence-corrected chi connectivity index (χ0v) is 19.8. The van der Waals surface area contributed by atoms with Gasteiger partial charge in [0.25, 0.3) is 0 Å². The molecule has 1 saturated heterocycles. The Hall–Kier alpha value is -1.36. The Balaban J connectivity index is 0.00000392. The van der Waals surface area contributed by atoms with E-state index in [1.54, 1.807) is 12.1 Å². The molecule has 1 heterocycles. The Labute approximate surface area is 185 Å². The molecule has 158 valence electrons. The fourth-order valence-corrected chi connectivity index (χ4v) is 3.59. The maximum absolute atomic E-state index is 12.1. The van der Waals surface area contributed by atoms with Gasteiger partial charge in [-0.25, -0.2) is 8.42 Å². The fraction of sp³-hybridized carbons (Fsp3) is 0.579. The van der Waals surface area contributed by atoms with Crippen LogP contribution in [0.5, 0.6) is 0 Å². The molecule has 28 heavy (non-hydrogen) atoms. The van der Waals surface area contributed by atoms with Crippen molar-refractivity contribution in [2.75, 3.05) is 39.0 Å². The van der Waals surface area contributed by atoms with Crippen LogP contribution in [0.3, 0.4) is 0 Å². The van der Waals surface area contributed by atoms with E-state index in [0.717, 1.165) is 44.5 Å². The van der Waals surface area contributed by atoms with E-state index in [4.69, 9.17) is 0 Å². The molecule has 0 bridgehead atoms. The maximum Gasteiger partial charge on any atom is 0.224 e. The van der Waals surface area contributed by atoms with Crippen LogP contribution < -0.4 is 10.6 Å². The standard InChI is InChI=1S/C19H30N4O3S.HI/c1-3-20-19(22-13-11-18(24)23-14-4-5-15-23)21-12-10-16-6-8-17(9-7-16)27(2,25)26;/h6-9H,3-5,10-15H2,1-2H3,(H2,20,21,22);1H. The number of guanidine groups is 1. The fourth-order valence-electron chi connectivity index (χ4n) is 2.96. The number of nitrogens with zero attached hydrogens (tertiary/aromatic N) is 2. The van der Waals surface area contributed by atoms with E-state index in [2.05, 4.69) is 15.6 Å². The molecule has 1 aliphatic rings. The van der Waals surface area contributed by atoms with Gasteiger partial charge in [-0.05, 0) is 43.9 Å². The number of amides is 1. The number of halogens is 1. The highest BCUT2D eigenvalue weighted by molar-refractivity contribution is 14.0. The number of nitrogens with one attached hydrogen (secondary N) is 2. The van der Waals surface area contributed by atoms with Gasteiger partial charge in [0.1, 0.15) is 0 Å². The minimum atomic E-state index is -3.16. The summed E-state index contributed by atoms with van der Waals surface area (Å²) >= 11 is 0. The van der Waals surface area contributed by atoms with Gasteiger partial charge in [0, 0.05) is 38.9 Å². The number of rotatable bonds is 8. The van der Waals surface area contributed by atoms with E-state index < -0.39 is 9.84 Å². The molecule has 0 aliphatic carbocycles. The summed E-state index contributed by atoms with van der Waals surface area (Å²) in [5.41, 5.74) is 1.05. The SMILES string of the molecule is CCNC(=NCCC(=O)N1CCCC1)NCCc1ccc(S(C)(=O)=O)cc1.I. The number of carbonyl (C=O) groups excluding carboxylic acids is 1. The van der Waals surface area contributed by atoms with Gasteiger partial charge in [-0.2, -0.15) is 0 Å². The highest BCUT2D eigenvalue weighted by Gasteiger charge is 2.16. The number of aliphatic imine (C=N–C) groups is 1. The summed E-state index contributed by atoms with van der Waals surface area (Å²) in [6.07, 6.45) is 4.59. The normalized spacial score (nSPS) is 14.5. The lowest BCUT2D eigenvalue weighted by Crippen LogP contribution is -2.38. The number of hydrogen-bond acceptors (Lipinski definition) is 4. The van der Waals surface area contributed by atoms with Crippen LogP contribution in [0.1, 0.15) is 31.7 Å². The molecular weight excluding hydrogens is 491 g/mol. The first kappa shape index (κ1) is 24.7. The molecule has 1 fully saturated rings. The summed E-state index contributed by atoms with van der Waals surface area (Å²) < 4.78 is 23.0. The number of carbonyl (C=O) groups is 1. The highest BCUT2D eigenvalue weighted by Crippen LogP contribution is 2.10. The molecular formula is C19H31IN4O3S. The van der Waals surface area contributed by atoms with E-state index in [0.29, 0.717) is 30.4 Å². The predicted octanol–water partition coefficient (Wildman–Crippen LogP) is 1.82. The number of sulfone groups is 1. The lowest BCUT2D eigenvalue weighted by molar-refractivity contribution is -0.129. The molecule has 9 heteroatoms. The number of likely N-dealkylation sites (tertiary alicyclic amines) is 1. The van der Waals surface area contributed by atoms with Gasteiger partial charge in [0.05, 0.1) is 11.4 Å². The molecule has 0 saturated carbocycles. The second-order valence-corrected chi connectivity index (χ2v) is 8.71. The third-order valence-corrected chi connectivity index (χ3v) is 5.58. The van der Waals surface area contributed by atoms with Crippen LogP contribution in [-0.2, 0) is 21.1 Å². The largest absolute Gasteiger partial charge is 0.357 e. The first-order valence-corrected chi connectivity index (χ1v) is 11.4. The molecule has 0 aromatic heterocycles. The molecule has 1 aliphatic heterocycles. The Bertz CT molecular complexity index is 745. The molecule has 0 spiro atoms. The quantitative estimate of drug-likeness (QED) is 0.309. The van der Waals surface area contributed by atoms with Crippen molar-refractivity contribution in [2.45, 2.75) is 37.5 Å². The van der Waals surface area contributed by atoms with E-state index in [1.807, 2.05) is 24.0 Å². The van der Waals surface area contributed by atoms with Crippen LogP contribution in [0.15, 0.2) is 34.2 Å². The Morgan fingerprint density at radius 1 is 1.14 bits per heavy atom. The zero-order chi connectivity index (χ0) is 19.7. The third-order valence-electron chi connectivity index (χ3n) is 4.46. The van der Waals surface area contributed by atoms with Crippen LogP contribution >= 0.6 is 24.0 Å². The van der Waals surface area contributed by atoms with E-state index in [9.17, 15) is 13.2 Å². The minimum Gasteiger partial charge on any atom is -0.357 e. The summed E-state index contributed by atoms with van der Waals surface area (Å²) in [4.78, 5) is 18.8. The lowest BCUT2D eigenvalue weighted by atomic mass is 10.1. The van der Waals surface area contributed by atoms with Crippen molar-refractivity contribution in [3.8, 4) is 0 Å². The Morgan fingerprint density at radius 3 is 2.36 bits per heavy atom. The maximum atomic E-state index is 12.1. The molecule has 7 nitrogen and oxygen atoms in total. The molecule has 2 rings (SSSR count). The molecule has 0 unspecified atom stereocenters. The second kappa shape index (κ2) is 12.3. The average Bonchev–Trinajstić information content (AvgIpc) is 3.16. The van der Waals surface area contributed by atoms with Crippen molar-refractivity contribution >= 4 is 45.7 Å². The molecule has 0 atom stereocenters. The minimum absolute atomic E-state index is 0. The molecule has 0 radical (unpaired) electrons. The van der Waals surface area contributed by atoms with Crippen molar-refractivity contribution in [1.82, 2.24) is 15.5 Å². The van der Waals surface area contributed by atoms with Gasteiger partial charge < -0.3 is 15.5 Å². The smallest absolute Gasteiger partial charge is 0.224 e. The number of benzene rings is 1. The highest BCUT2D eigenvalue weighted by atomic mass is 127. The molecule has 1 aromatic carbocycles. The van der Waals surface area contributed by atoms with Crippen molar-refractivity contribution in [2.24, 2.45) is 4.99 Å².